The molecule has 2 aromatic carbocycles. The van der Waals surface area contributed by atoms with E-state index in [1.54, 1.807) is 6.07 Å². The molecule has 27 heavy (non-hydrogen) atoms. The van der Waals surface area contributed by atoms with Crippen LogP contribution in [-0.2, 0) is 21.4 Å². The van der Waals surface area contributed by atoms with Crippen molar-refractivity contribution in [1.29, 1.82) is 0 Å². The fraction of sp³-hybridized carbons (Fsp3) is 0.188. The van der Waals surface area contributed by atoms with Gasteiger partial charge in [0.15, 0.2) is 0 Å². The second kappa shape index (κ2) is 8.66. The third-order valence-corrected chi connectivity index (χ3v) is 5.41. The van der Waals surface area contributed by atoms with E-state index in [2.05, 4.69) is 5.32 Å². The van der Waals surface area contributed by atoms with Gasteiger partial charge < -0.3 is 5.32 Å². The van der Waals surface area contributed by atoms with Gasteiger partial charge in [0, 0.05) is 24.4 Å². The smallest absolute Gasteiger partial charge is 0.271 e. The predicted octanol–water partition coefficient (Wildman–Crippen LogP) is 3.30. The first kappa shape index (κ1) is 21.1. The molecule has 0 bridgehead atoms. The van der Waals surface area contributed by atoms with Gasteiger partial charge in [-0.1, -0.05) is 35.3 Å². The highest BCUT2D eigenvalue weighted by molar-refractivity contribution is 7.88. The summed E-state index contributed by atoms with van der Waals surface area (Å²) in [5.41, 5.74) is 0.554. The van der Waals surface area contributed by atoms with Crippen molar-refractivity contribution in [2.75, 3.05) is 18.1 Å². The summed E-state index contributed by atoms with van der Waals surface area (Å²) in [5, 5.41) is 13.8. The Kier molecular flexibility index (Phi) is 6.77. The van der Waals surface area contributed by atoms with E-state index in [0.717, 1.165) is 10.6 Å². The van der Waals surface area contributed by atoms with E-state index >= 15 is 0 Å². The molecule has 144 valence electrons. The molecule has 0 saturated carbocycles. The molecule has 0 spiro atoms. The lowest BCUT2D eigenvalue weighted by atomic mass is 10.2. The van der Waals surface area contributed by atoms with Gasteiger partial charge in [-0.25, -0.2) is 8.42 Å². The number of nitrogens with one attached hydrogen (secondary N) is 1. The molecule has 8 nitrogen and oxygen atoms in total. The van der Waals surface area contributed by atoms with Crippen LogP contribution in [0, 0.1) is 10.1 Å². The number of carbonyl (C=O) groups is 1. The Balaban J connectivity index is 2.13. The Bertz CT molecular complexity index is 982. The van der Waals surface area contributed by atoms with Crippen molar-refractivity contribution >= 4 is 50.5 Å². The number of nitro groups is 1. The Morgan fingerprint density at radius 3 is 2.48 bits per heavy atom. The first-order chi connectivity index (χ1) is 12.6. The molecule has 0 atom stereocenters. The number of nitro benzene ring substituents is 1. The molecule has 0 fully saturated rings. The summed E-state index contributed by atoms with van der Waals surface area (Å²) < 4.78 is 25.0. The fourth-order valence-electron chi connectivity index (χ4n) is 2.19. The van der Waals surface area contributed by atoms with E-state index in [-0.39, 0.29) is 22.9 Å². The Hall–Kier alpha value is -2.20. The number of nitrogens with zero attached hydrogens (tertiary/aromatic N) is 2. The number of carbonyl (C=O) groups excluding carboxylic acids is 1. The van der Waals surface area contributed by atoms with Gasteiger partial charge >= 0.3 is 0 Å². The van der Waals surface area contributed by atoms with Gasteiger partial charge in [-0.05, 0) is 23.8 Å². The third kappa shape index (κ3) is 6.17. The Labute approximate surface area is 165 Å². The van der Waals surface area contributed by atoms with E-state index in [1.165, 1.54) is 36.4 Å². The first-order valence-corrected chi connectivity index (χ1v) is 10.1. The zero-order valence-electron chi connectivity index (χ0n) is 14.1. The monoisotopic (exact) mass is 431 g/mol. The molecule has 11 heteroatoms. The molecule has 1 amide bonds. The van der Waals surface area contributed by atoms with Crippen molar-refractivity contribution in [3.8, 4) is 0 Å². The number of benzene rings is 2. The minimum absolute atomic E-state index is 0.0852. The number of hydrogen-bond donors (Lipinski definition) is 1. The molecule has 0 unspecified atom stereocenters. The number of anilines is 1. The van der Waals surface area contributed by atoms with Crippen LogP contribution in [0.25, 0.3) is 0 Å². The predicted molar refractivity (Wildman–Crippen MR) is 103 cm³/mol. The summed E-state index contributed by atoms with van der Waals surface area (Å²) in [4.78, 5) is 22.4. The number of non-ortho nitro benzene ring substituents is 1. The maximum absolute atomic E-state index is 12.2. The molecule has 0 heterocycles. The summed E-state index contributed by atoms with van der Waals surface area (Å²) in [6, 6.07) is 9.99. The fourth-order valence-corrected chi connectivity index (χ4v) is 3.25. The van der Waals surface area contributed by atoms with Crippen LogP contribution in [0.3, 0.4) is 0 Å². The zero-order chi connectivity index (χ0) is 20.2. The second-order valence-corrected chi connectivity index (χ2v) is 8.43. The Morgan fingerprint density at radius 2 is 1.89 bits per heavy atom. The van der Waals surface area contributed by atoms with Gasteiger partial charge in [-0.2, -0.15) is 4.31 Å². The van der Waals surface area contributed by atoms with Crippen LogP contribution in [0.1, 0.15) is 5.56 Å². The van der Waals surface area contributed by atoms with Crippen molar-refractivity contribution in [2.45, 2.75) is 6.54 Å². The minimum Gasteiger partial charge on any atom is -0.325 e. The molecule has 0 aliphatic heterocycles. The van der Waals surface area contributed by atoms with Crippen LogP contribution in [0.15, 0.2) is 42.5 Å². The standard InChI is InChI=1S/C16H15Cl2N3O5S/c1-27(25,26)20(9-11-5-6-14(17)15(18)7-11)10-16(22)19-12-3-2-4-13(8-12)21(23)24/h2-8H,9-10H2,1H3,(H,19,22). The first-order valence-electron chi connectivity index (χ1n) is 7.49. The lowest BCUT2D eigenvalue weighted by Gasteiger charge is -2.20. The van der Waals surface area contributed by atoms with Crippen LogP contribution < -0.4 is 5.32 Å². The summed E-state index contributed by atoms with van der Waals surface area (Å²) in [6.07, 6.45) is 0.977. The molecule has 2 rings (SSSR count). The SMILES string of the molecule is CS(=O)(=O)N(CC(=O)Nc1cccc([N+](=O)[O-])c1)Cc1ccc(Cl)c(Cl)c1. The minimum atomic E-state index is -3.71. The highest BCUT2D eigenvalue weighted by Crippen LogP contribution is 2.24. The normalized spacial score (nSPS) is 11.4. The average Bonchev–Trinajstić information content (AvgIpc) is 2.57. The Morgan fingerprint density at radius 1 is 1.19 bits per heavy atom. The van der Waals surface area contributed by atoms with E-state index in [4.69, 9.17) is 23.2 Å². The molecule has 1 N–H and O–H groups in total. The van der Waals surface area contributed by atoms with Gasteiger partial charge in [0.2, 0.25) is 15.9 Å². The highest BCUT2D eigenvalue weighted by Gasteiger charge is 2.21. The third-order valence-electron chi connectivity index (χ3n) is 3.47. The lowest BCUT2D eigenvalue weighted by Crippen LogP contribution is -2.36. The molecule has 0 aromatic heterocycles. The van der Waals surface area contributed by atoms with Crippen LogP contribution in [0.4, 0.5) is 11.4 Å². The van der Waals surface area contributed by atoms with Crippen molar-refractivity contribution in [1.82, 2.24) is 4.31 Å². The quantitative estimate of drug-likeness (QED) is 0.533. The lowest BCUT2D eigenvalue weighted by molar-refractivity contribution is -0.384. The summed E-state index contributed by atoms with van der Waals surface area (Å²) in [7, 11) is -3.71. The number of rotatable bonds is 7. The molecule has 2 aromatic rings. The van der Waals surface area contributed by atoms with E-state index < -0.39 is 27.4 Å². The van der Waals surface area contributed by atoms with Gasteiger partial charge in [0.1, 0.15) is 0 Å². The molecule has 0 radical (unpaired) electrons. The van der Waals surface area contributed by atoms with Crippen molar-refractivity contribution in [2.24, 2.45) is 0 Å². The van der Waals surface area contributed by atoms with E-state index in [9.17, 15) is 23.3 Å². The number of amides is 1. The molecular formula is C16H15Cl2N3O5S. The largest absolute Gasteiger partial charge is 0.325 e. The highest BCUT2D eigenvalue weighted by atomic mass is 35.5. The van der Waals surface area contributed by atoms with E-state index in [1.807, 2.05) is 0 Å². The van der Waals surface area contributed by atoms with Gasteiger partial charge in [0.05, 0.1) is 27.8 Å². The molecule has 0 saturated heterocycles. The van der Waals surface area contributed by atoms with Crippen LogP contribution in [0.5, 0.6) is 0 Å². The number of halogens is 2. The summed E-state index contributed by atoms with van der Waals surface area (Å²) in [6.45, 7) is -0.556. The molecular weight excluding hydrogens is 417 g/mol. The average molecular weight is 432 g/mol. The van der Waals surface area contributed by atoms with Gasteiger partial charge in [-0.3, -0.25) is 14.9 Å². The van der Waals surface area contributed by atoms with Gasteiger partial charge in [-0.15, -0.1) is 0 Å². The zero-order valence-corrected chi connectivity index (χ0v) is 16.4. The summed E-state index contributed by atoms with van der Waals surface area (Å²) >= 11 is 11.8. The van der Waals surface area contributed by atoms with Crippen LogP contribution in [-0.4, -0.2) is 36.4 Å². The van der Waals surface area contributed by atoms with Crippen molar-refractivity contribution in [3.05, 3.63) is 68.2 Å². The second-order valence-electron chi connectivity index (χ2n) is 5.64. The van der Waals surface area contributed by atoms with Crippen LogP contribution >= 0.6 is 23.2 Å². The van der Waals surface area contributed by atoms with Crippen LogP contribution in [0.2, 0.25) is 10.0 Å². The summed E-state index contributed by atoms with van der Waals surface area (Å²) in [5.74, 6) is -0.638. The van der Waals surface area contributed by atoms with Crippen molar-refractivity contribution < 1.29 is 18.1 Å². The van der Waals surface area contributed by atoms with Gasteiger partial charge in [0.25, 0.3) is 5.69 Å². The maximum Gasteiger partial charge on any atom is 0.271 e. The number of hydrogen-bond acceptors (Lipinski definition) is 5. The maximum atomic E-state index is 12.2. The number of sulfonamides is 1. The van der Waals surface area contributed by atoms with E-state index in [0.29, 0.717) is 10.6 Å². The van der Waals surface area contributed by atoms with Crippen molar-refractivity contribution in [3.63, 3.8) is 0 Å². The topological polar surface area (TPSA) is 110 Å². The molecule has 0 aliphatic carbocycles. The molecule has 0 aliphatic rings.